The second kappa shape index (κ2) is 6.37. The largest absolute Gasteiger partial charge is 0.465 e. The van der Waals surface area contributed by atoms with E-state index in [-0.39, 0.29) is 10.5 Å². The van der Waals surface area contributed by atoms with Gasteiger partial charge in [0, 0.05) is 12.1 Å². The number of ether oxygens (including phenoxy) is 1. The first kappa shape index (κ1) is 16.3. The number of anilines is 1. The maximum Gasteiger partial charge on any atom is 0.337 e. The van der Waals surface area contributed by atoms with Gasteiger partial charge in [0.1, 0.15) is 0 Å². The van der Waals surface area contributed by atoms with Crippen LogP contribution in [0.1, 0.15) is 10.4 Å². The number of halogens is 1. The molecule has 0 aliphatic heterocycles. The van der Waals surface area contributed by atoms with E-state index < -0.39 is 16.0 Å². The molecule has 0 saturated carbocycles. The molecule has 2 aromatic rings. The Morgan fingerprint density at radius 2 is 1.82 bits per heavy atom. The molecule has 0 aromatic heterocycles. The molecule has 0 aliphatic rings. The maximum atomic E-state index is 12.6. The van der Waals surface area contributed by atoms with Gasteiger partial charge in [0.2, 0.25) is 0 Å². The lowest BCUT2D eigenvalue weighted by atomic mass is 10.2. The smallest absolute Gasteiger partial charge is 0.337 e. The average Bonchev–Trinajstić information content (AvgIpc) is 2.53. The molecule has 0 bridgehead atoms. The van der Waals surface area contributed by atoms with Crippen LogP contribution in [0.25, 0.3) is 0 Å². The summed E-state index contributed by atoms with van der Waals surface area (Å²) in [4.78, 5) is 11.5. The van der Waals surface area contributed by atoms with E-state index in [9.17, 15) is 13.2 Å². The van der Waals surface area contributed by atoms with Crippen molar-refractivity contribution in [3.63, 3.8) is 0 Å². The molecule has 0 saturated heterocycles. The van der Waals surface area contributed by atoms with Crippen molar-refractivity contribution in [1.29, 1.82) is 0 Å². The summed E-state index contributed by atoms with van der Waals surface area (Å²) < 4.78 is 31.0. The number of hydrogen-bond donors (Lipinski definition) is 0. The standard InChI is InChI=1S/C15H14ClNO4S/c1-17(13-7-4-6-12(16)10-13)22(19,20)14-8-3-5-11(9-14)15(18)21-2/h3-10H,1-2H3. The third-order valence-corrected chi connectivity index (χ3v) is 5.10. The highest BCUT2D eigenvalue weighted by molar-refractivity contribution is 7.92. The zero-order valence-electron chi connectivity index (χ0n) is 12.0. The Bertz CT molecular complexity index is 805. The van der Waals surface area contributed by atoms with Crippen molar-refractivity contribution in [2.24, 2.45) is 0 Å². The van der Waals surface area contributed by atoms with Gasteiger partial charge in [-0.05, 0) is 36.4 Å². The van der Waals surface area contributed by atoms with Crippen LogP contribution < -0.4 is 4.31 Å². The predicted molar refractivity (Wildman–Crippen MR) is 84.8 cm³/mol. The number of rotatable bonds is 4. The molecular weight excluding hydrogens is 326 g/mol. The number of sulfonamides is 1. The summed E-state index contributed by atoms with van der Waals surface area (Å²) >= 11 is 5.89. The molecular formula is C15H14ClNO4S. The van der Waals surface area contributed by atoms with Crippen molar-refractivity contribution < 1.29 is 17.9 Å². The molecule has 2 rings (SSSR count). The van der Waals surface area contributed by atoms with Gasteiger partial charge in [0.15, 0.2) is 0 Å². The lowest BCUT2D eigenvalue weighted by Crippen LogP contribution is -2.26. The molecule has 22 heavy (non-hydrogen) atoms. The molecule has 0 heterocycles. The Balaban J connectivity index is 2.44. The number of hydrogen-bond acceptors (Lipinski definition) is 4. The molecule has 2 aromatic carbocycles. The van der Waals surface area contributed by atoms with E-state index >= 15 is 0 Å². The molecule has 116 valence electrons. The monoisotopic (exact) mass is 339 g/mol. The topological polar surface area (TPSA) is 63.7 Å². The van der Waals surface area contributed by atoms with Gasteiger partial charge in [-0.15, -0.1) is 0 Å². The van der Waals surface area contributed by atoms with Crippen LogP contribution >= 0.6 is 11.6 Å². The van der Waals surface area contributed by atoms with Gasteiger partial charge < -0.3 is 4.74 Å². The van der Waals surface area contributed by atoms with Crippen molar-refractivity contribution in [1.82, 2.24) is 0 Å². The molecule has 5 nitrogen and oxygen atoms in total. The summed E-state index contributed by atoms with van der Waals surface area (Å²) in [6.45, 7) is 0. The van der Waals surface area contributed by atoms with E-state index in [1.165, 1.54) is 38.4 Å². The highest BCUT2D eigenvalue weighted by Gasteiger charge is 2.22. The van der Waals surface area contributed by atoms with E-state index in [1.54, 1.807) is 24.3 Å². The van der Waals surface area contributed by atoms with Gasteiger partial charge in [-0.3, -0.25) is 4.31 Å². The SMILES string of the molecule is COC(=O)c1cccc(S(=O)(=O)N(C)c2cccc(Cl)c2)c1. The van der Waals surface area contributed by atoms with Crippen LogP contribution in [-0.2, 0) is 14.8 Å². The lowest BCUT2D eigenvalue weighted by Gasteiger charge is -2.20. The summed E-state index contributed by atoms with van der Waals surface area (Å²) in [6.07, 6.45) is 0. The van der Waals surface area contributed by atoms with Crippen LogP contribution in [0.3, 0.4) is 0 Å². The first-order chi connectivity index (χ1) is 10.4. The fraction of sp³-hybridized carbons (Fsp3) is 0.133. The molecule has 7 heteroatoms. The number of carbonyl (C=O) groups is 1. The van der Waals surface area contributed by atoms with Crippen molar-refractivity contribution >= 4 is 33.3 Å². The second-order valence-electron chi connectivity index (χ2n) is 4.47. The summed E-state index contributed by atoms with van der Waals surface area (Å²) in [6, 6.07) is 12.2. The van der Waals surface area contributed by atoms with Crippen molar-refractivity contribution in [2.75, 3.05) is 18.5 Å². The minimum absolute atomic E-state index is 0.00197. The third kappa shape index (κ3) is 3.23. The zero-order valence-corrected chi connectivity index (χ0v) is 13.6. The molecule has 0 N–H and O–H groups in total. The molecule has 0 amide bonds. The van der Waals surface area contributed by atoms with Gasteiger partial charge >= 0.3 is 5.97 Å². The Hall–Kier alpha value is -2.05. The third-order valence-electron chi connectivity index (χ3n) is 3.09. The molecule has 0 spiro atoms. The van der Waals surface area contributed by atoms with Crippen molar-refractivity contribution in [3.05, 3.63) is 59.1 Å². The average molecular weight is 340 g/mol. The summed E-state index contributed by atoms with van der Waals surface area (Å²) in [5.74, 6) is -0.595. The zero-order chi connectivity index (χ0) is 16.3. The predicted octanol–water partition coefficient (Wildman–Crippen LogP) is 2.95. The number of nitrogens with zero attached hydrogens (tertiary/aromatic N) is 1. The number of esters is 1. The highest BCUT2D eigenvalue weighted by Crippen LogP contribution is 2.25. The number of carbonyl (C=O) groups excluding carboxylic acids is 1. The van der Waals surface area contributed by atoms with Gasteiger partial charge in [-0.2, -0.15) is 0 Å². The molecule has 0 unspecified atom stereocenters. The van der Waals surface area contributed by atoms with Crippen LogP contribution in [0.2, 0.25) is 5.02 Å². The van der Waals surface area contributed by atoms with E-state index in [1.807, 2.05) is 0 Å². The molecule has 0 fully saturated rings. The molecule has 0 radical (unpaired) electrons. The van der Waals surface area contributed by atoms with Crippen LogP contribution in [0.5, 0.6) is 0 Å². The lowest BCUT2D eigenvalue weighted by molar-refractivity contribution is 0.0600. The second-order valence-corrected chi connectivity index (χ2v) is 6.88. The highest BCUT2D eigenvalue weighted by atomic mass is 35.5. The minimum Gasteiger partial charge on any atom is -0.465 e. The quantitative estimate of drug-likeness (QED) is 0.803. The first-order valence-corrected chi connectivity index (χ1v) is 8.11. The number of methoxy groups -OCH3 is 1. The van der Waals surface area contributed by atoms with Crippen molar-refractivity contribution in [3.8, 4) is 0 Å². The summed E-state index contributed by atoms with van der Waals surface area (Å²) in [5.41, 5.74) is 0.596. The minimum atomic E-state index is -3.81. The summed E-state index contributed by atoms with van der Waals surface area (Å²) in [5, 5.41) is 0.433. The maximum absolute atomic E-state index is 12.6. The van der Waals surface area contributed by atoms with Gasteiger partial charge in [0.05, 0.1) is 23.3 Å². The fourth-order valence-corrected chi connectivity index (χ4v) is 3.29. The van der Waals surface area contributed by atoms with Crippen LogP contribution in [0.15, 0.2) is 53.4 Å². The van der Waals surface area contributed by atoms with Crippen LogP contribution in [0.4, 0.5) is 5.69 Å². The van der Waals surface area contributed by atoms with E-state index in [4.69, 9.17) is 11.6 Å². The first-order valence-electron chi connectivity index (χ1n) is 6.29. The summed E-state index contributed by atoms with van der Waals surface area (Å²) in [7, 11) is -1.15. The van der Waals surface area contributed by atoms with Gasteiger partial charge in [-0.25, -0.2) is 13.2 Å². The van der Waals surface area contributed by atoms with Gasteiger partial charge in [0.25, 0.3) is 10.0 Å². The Kier molecular flexibility index (Phi) is 4.73. The van der Waals surface area contributed by atoms with E-state index in [0.29, 0.717) is 10.7 Å². The van der Waals surface area contributed by atoms with Crippen LogP contribution in [0, 0.1) is 0 Å². The van der Waals surface area contributed by atoms with Crippen molar-refractivity contribution in [2.45, 2.75) is 4.90 Å². The fourth-order valence-electron chi connectivity index (χ4n) is 1.87. The molecule has 0 atom stereocenters. The number of benzene rings is 2. The van der Waals surface area contributed by atoms with Gasteiger partial charge in [-0.1, -0.05) is 23.7 Å². The Morgan fingerprint density at radius 3 is 2.45 bits per heavy atom. The Labute approximate surface area is 134 Å². The molecule has 0 aliphatic carbocycles. The van der Waals surface area contributed by atoms with Crippen LogP contribution in [-0.4, -0.2) is 28.5 Å². The normalized spacial score (nSPS) is 11.0. The van der Waals surface area contributed by atoms with E-state index in [0.717, 1.165) is 4.31 Å². The van der Waals surface area contributed by atoms with E-state index in [2.05, 4.69) is 4.74 Å². The Morgan fingerprint density at radius 1 is 1.14 bits per heavy atom.